The zero-order valence-corrected chi connectivity index (χ0v) is 20.4. The monoisotopic (exact) mass is 451 g/mol. The van der Waals surface area contributed by atoms with Crippen LogP contribution < -0.4 is 5.32 Å². The molecule has 0 rings (SSSR count). The third-order valence-electron chi connectivity index (χ3n) is 4.48. The molecule has 0 aliphatic rings. The lowest BCUT2D eigenvalue weighted by atomic mass is 10.1. The molecule has 1 amide bonds. The maximum atomic E-state index is 12.1. The van der Waals surface area contributed by atoms with Gasteiger partial charge in [-0.3, -0.25) is 13.8 Å². The molecule has 0 radical (unpaired) electrons. The Hall–Kier alpha value is -0.760. The largest absolute Gasteiger partial charge is 0.472 e. The van der Waals surface area contributed by atoms with Gasteiger partial charge in [-0.25, -0.2) is 4.57 Å². The minimum absolute atomic E-state index is 0.0601. The first-order valence-electron chi connectivity index (χ1n) is 11.1. The molecule has 0 fully saturated rings. The van der Waals surface area contributed by atoms with E-state index in [4.69, 9.17) is 9.05 Å². The number of likely N-dealkylation sites (N-methyl/N-ethyl adjacent to an activating group) is 1. The van der Waals surface area contributed by atoms with Crippen LogP contribution in [0.4, 0.5) is 0 Å². The second-order valence-electron chi connectivity index (χ2n) is 8.66. The van der Waals surface area contributed by atoms with Crippen LogP contribution in [0.5, 0.6) is 0 Å². The fourth-order valence-corrected chi connectivity index (χ4v) is 3.34. The van der Waals surface area contributed by atoms with Crippen LogP contribution in [0.1, 0.15) is 65.2 Å². The van der Waals surface area contributed by atoms with Gasteiger partial charge in [0.2, 0.25) is 5.91 Å². The van der Waals surface area contributed by atoms with Crippen molar-refractivity contribution in [2.45, 2.75) is 77.4 Å². The van der Waals surface area contributed by atoms with Crippen LogP contribution in [-0.4, -0.2) is 73.4 Å². The lowest BCUT2D eigenvalue weighted by Gasteiger charge is -2.25. The van der Waals surface area contributed by atoms with E-state index >= 15 is 0 Å². The lowest BCUT2D eigenvalue weighted by molar-refractivity contribution is -0.870. The molecule has 3 atom stereocenters. The van der Waals surface area contributed by atoms with Crippen molar-refractivity contribution in [1.82, 2.24) is 5.32 Å². The van der Waals surface area contributed by atoms with E-state index in [1.807, 2.05) is 34.1 Å². The first-order valence-corrected chi connectivity index (χ1v) is 12.6. The molecule has 9 heteroatoms. The fourth-order valence-electron chi connectivity index (χ4n) is 2.61. The predicted octanol–water partition coefficient (Wildman–Crippen LogP) is 3.39. The molecule has 8 nitrogen and oxygen atoms in total. The highest BCUT2D eigenvalue weighted by Gasteiger charge is 2.27. The van der Waals surface area contributed by atoms with Crippen LogP contribution in [0, 0.1) is 0 Å². The van der Waals surface area contributed by atoms with Gasteiger partial charge in [-0.2, -0.15) is 0 Å². The number of amides is 1. The highest BCUT2D eigenvalue weighted by molar-refractivity contribution is 7.47. The van der Waals surface area contributed by atoms with E-state index in [1.165, 1.54) is 19.3 Å². The number of aliphatic hydroxyl groups excluding tert-OH is 1. The summed E-state index contributed by atoms with van der Waals surface area (Å²) in [6, 6.07) is -0.831. The van der Waals surface area contributed by atoms with Gasteiger partial charge in [0, 0.05) is 6.42 Å². The summed E-state index contributed by atoms with van der Waals surface area (Å²) in [5.74, 6) is -0.239. The normalized spacial score (nSPS) is 16.4. The van der Waals surface area contributed by atoms with Crippen LogP contribution in [0.2, 0.25) is 0 Å². The topological polar surface area (TPSA) is 105 Å². The maximum absolute atomic E-state index is 12.1. The molecule has 30 heavy (non-hydrogen) atoms. The second-order valence-corrected chi connectivity index (χ2v) is 10.1. The van der Waals surface area contributed by atoms with Gasteiger partial charge >= 0.3 is 7.82 Å². The van der Waals surface area contributed by atoms with Gasteiger partial charge in [0.15, 0.2) is 0 Å². The molecule has 0 spiro atoms. The zero-order chi connectivity index (χ0) is 23.0. The number of carbonyl (C=O) groups excluding carboxylic acids is 1. The Balaban J connectivity index is 4.67. The summed E-state index contributed by atoms with van der Waals surface area (Å²) in [5, 5.41) is 13.1. The van der Waals surface area contributed by atoms with Gasteiger partial charge in [-0.05, 0) is 19.3 Å². The molecule has 0 aromatic heterocycles. The summed E-state index contributed by atoms with van der Waals surface area (Å²) < 4.78 is 22.7. The number of phosphoric acid groups is 1. The van der Waals surface area contributed by atoms with Gasteiger partial charge in [-0.15, -0.1) is 0 Å². The Bertz CT molecular complexity index is 536. The quantitative estimate of drug-likeness (QED) is 0.128. The number of allylic oxidation sites excluding steroid dienone is 1. The van der Waals surface area contributed by atoms with Gasteiger partial charge in [-0.1, -0.05) is 51.7 Å². The van der Waals surface area contributed by atoms with Crippen molar-refractivity contribution in [2.24, 2.45) is 0 Å². The number of phosphoric ester groups is 1. The molecule has 0 aliphatic heterocycles. The molecule has 0 saturated carbocycles. The summed E-state index contributed by atoms with van der Waals surface area (Å²) in [6.07, 6.45) is 10.1. The molecule has 3 N–H and O–H groups in total. The van der Waals surface area contributed by atoms with Crippen molar-refractivity contribution in [3.8, 4) is 0 Å². The number of quaternary nitrogens is 1. The third-order valence-corrected chi connectivity index (χ3v) is 5.46. The maximum Gasteiger partial charge on any atom is 0.472 e. The molecule has 3 unspecified atom stereocenters. The summed E-state index contributed by atoms with van der Waals surface area (Å²) >= 11 is 0. The Kier molecular flexibility index (Phi) is 15.6. The van der Waals surface area contributed by atoms with Gasteiger partial charge < -0.3 is 19.8 Å². The highest BCUT2D eigenvalue weighted by atomic mass is 31.2. The number of unbranched alkanes of at least 4 members (excludes halogenated alkanes) is 5. The molecule has 0 aliphatic carbocycles. The number of nitrogens with one attached hydrogen (secondary N) is 1. The van der Waals surface area contributed by atoms with E-state index in [0.29, 0.717) is 23.9 Å². The minimum atomic E-state index is -4.27. The Morgan fingerprint density at radius 2 is 1.77 bits per heavy atom. The van der Waals surface area contributed by atoms with Crippen molar-refractivity contribution in [3.63, 3.8) is 0 Å². The van der Waals surface area contributed by atoms with E-state index in [-0.39, 0.29) is 19.1 Å². The fraction of sp³-hybridized carbons (Fsp3) is 0.857. The second kappa shape index (κ2) is 16.0. The Morgan fingerprint density at radius 1 is 1.10 bits per heavy atom. The number of aliphatic hydroxyl groups is 1. The molecule has 0 aromatic rings. The summed E-state index contributed by atoms with van der Waals surface area (Å²) in [6.45, 7) is 4.32. The summed E-state index contributed by atoms with van der Waals surface area (Å²) in [4.78, 5) is 21.9. The van der Waals surface area contributed by atoms with Crippen LogP contribution in [-0.2, 0) is 18.4 Å². The van der Waals surface area contributed by atoms with E-state index in [1.54, 1.807) is 6.08 Å². The standard InChI is InChI=1S/C21H43N2O6P/c1-6-8-9-10-11-12-13-15-20(24)19(22-21(25)14-7-2)18-29-30(26,27)28-17-16-23(3,4)5/h13,15,19-20,24H,6-12,14,16-18H2,1-5H3,(H-,22,25,26,27)/p+1/b15-13+. The van der Waals surface area contributed by atoms with Crippen molar-refractivity contribution in [3.05, 3.63) is 12.2 Å². The van der Waals surface area contributed by atoms with Crippen molar-refractivity contribution < 1.29 is 32.9 Å². The van der Waals surface area contributed by atoms with Crippen molar-refractivity contribution >= 4 is 13.7 Å². The van der Waals surface area contributed by atoms with E-state index in [9.17, 15) is 19.4 Å². The summed E-state index contributed by atoms with van der Waals surface area (Å²) in [5.41, 5.74) is 0. The molecular formula is C21H44N2O6P+. The van der Waals surface area contributed by atoms with Crippen LogP contribution >= 0.6 is 7.82 Å². The first kappa shape index (κ1) is 29.2. The Morgan fingerprint density at radius 3 is 2.37 bits per heavy atom. The number of hydrogen-bond donors (Lipinski definition) is 3. The zero-order valence-electron chi connectivity index (χ0n) is 19.5. The predicted molar refractivity (Wildman–Crippen MR) is 120 cm³/mol. The number of nitrogens with zero attached hydrogens (tertiary/aromatic N) is 1. The molecule has 0 bridgehead atoms. The number of carbonyl (C=O) groups is 1. The first-order chi connectivity index (χ1) is 14.0. The van der Waals surface area contributed by atoms with E-state index in [0.717, 1.165) is 19.3 Å². The van der Waals surface area contributed by atoms with Crippen LogP contribution in [0.3, 0.4) is 0 Å². The van der Waals surface area contributed by atoms with E-state index < -0.39 is 20.0 Å². The van der Waals surface area contributed by atoms with Crippen molar-refractivity contribution in [1.29, 1.82) is 0 Å². The average Bonchev–Trinajstić information content (AvgIpc) is 2.63. The molecule has 0 heterocycles. The van der Waals surface area contributed by atoms with Gasteiger partial charge in [0.05, 0.1) is 39.9 Å². The lowest BCUT2D eigenvalue weighted by Crippen LogP contribution is -2.45. The number of hydrogen-bond acceptors (Lipinski definition) is 5. The smallest absolute Gasteiger partial charge is 0.387 e. The molecule has 0 saturated heterocycles. The average molecular weight is 452 g/mol. The third kappa shape index (κ3) is 17.0. The van der Waals surface area contributed by atoms with Crippen molar-refractivity contribution in [2.75, 3.05) is 40.9 Å². The summed E-state index contributed by atoms with van der Waals surface area (Å²) in [7, 11) is 1.55. The number of rotatable bonds is 18. The molecule has 178 valence electrons. The van der Waals surface area contributed by atoms with Gasteiger partial charge in [0.25, 0.3) is 0 Å². The van der Waals surface area contributed by atoms with Crippen LogP contribution in [0.25, 0.3) is 0 Å². The SMILES string of the molecule is CCCCCCC/C=C/C(O)C(COP(=O)(O)OCC[N+](C)(C)C)NC(=O)CCC. The molecular weight excluding hydrogens is 407 g/mol. The Labute approximate surface area is 182 Å². The molecule has 0 aromatic carbocycles. The van der Waals surface area contributed by atoms with Gasteiger partial charge in [0.1, 0.15) is 13.2 Å². The van der Waals surface area contributed by atoms with Crippen LogP contribution in [0.15, 0.2) is 12.2 Å². The highest BCUT2D eigenvalue weighted by Crippen LogP contribution is 2.43. The minimum Gasteiger partial charge on any atom is -0.387 e. The van der Waals surface area contributed by atoms with E-state index in [2.05, 4.69) is 12.2 Å².